The first-order valence-corrected chi connectivity index (χ1v) is 11.7. The average molecular weight is 433 g/mol. The molecule has 4 rings (SSSR count). The Bertz CT molecular complexity index is 1050. The molecule has 4 heterocycles. The number of aromatic amines is 1. The van der Waals surface area contributed by atoms with Crippen LogP contribution in [0.4, 0.5) is 0 Å². The number of nitrogens with one attached hydrogen (secondary N) is 1. The fraction of sp³-hybridized carbons (Fsp3) is 0.550. The molecule has 0 saturated carbocycles. The van der Waals surface area contributed by atoms with Gasteiger partial charge in [0.25, 0.3) is 15.8 Å². The molecule has 2 aliphatic rings. The predicted molar refractivity (Wildman–Crippen MR) is 113 cm³/mol. The Morgan fingerprint density at radius 2 is 1.97 bits per heavy atom. The molecule has 0 aliphatic carbocycles. The number of piperidine rings is 1. The van der Waals surface area contributed by atoms with Crippen LogP contribution in [0.3, 0.4) is 0 Å². The first kappa shape index (κ1) is 21.1. The molecule has 0 spiro atoms. The molecule has 0 atom stereocenters. The molecule has 162 valence electrons. The third-order valence-corrected chi connectivity index (χ3v) is 7.81. The first-order chi connectivity index (χ1) is 14.3. The van der Waals surface area contributed by atoms with E-state index in [2.05, 4.69) is 14.9 Å². The van der Waals surface area contributed by atoms with Crippen molar-refractivity contribution in [2.45, 2.75) is 38.3 Å². The monoisotopic (exact) mass is 432 g/mol. The van der Waals surface area contributed by atoms with E-state index in [1.165, 1.54) is 22.7 Å². The SMILES string of the molecule is CN(C)S(=O)(=O)N1CCc2nc(C3CCN(Cc4ccccn4)CC3)[nH]c(=O)c2C1. The van der Waals surface area contributed by atoms with Gasteiger partial charge in [-0.05, 0) is 38.1 Å². The number of nitrogens with zero attached hydrogens (tertiary/aromatic N) is 5. The van der Waals surface area contributed by atoms with Gasteiger partial charge in [-0.3, -0.25) is 14.7 Å². The van der Waals surface area contributed by atoms with Crippen molar-refractivity contribution >= 4 is 10.2 Å². The summed E-state index contributed by atoms with van der Waals surface area (Å²) in [6, 6.07) is 5.96. The smallest absolute Gasteiger partial charge is 0.281 e. The lowest BCUT2D eigenvalue weighted by atomic mass is 9.95. The van der Waals surface area contributed by atoms with Gasteiger partial charge < -0.3 is 4.98 Å². The lowest BCUT2D eigenvalue weighted by Gasteiger charge is -2.32. The second kappa shape index (κ2) is 8.54. The van der Waals surface area contributed by atoms with Gasteiger partial charge in [0.1, 0.15) is 5.82 Å². The van der Waals surface area contributed by atoms with E-state index in [0.717, 1.165) is 49.7 Å². The van der Waals surface area contributed by atoms with E-state index in [-0.39, 0.29) is 18.0 Å². The van der Waals surface area contributed by atoms with Crippen LogP contribution in [-0.4, -0.2) is 70.6 Å². The highest BCUT2D eigenvalue weighted by Crippen LogP contribution is 2.27. The van der Waals surface area contributed by atoms with Gasteiger partial charge >= 0.3 is 0 Å². The summed E-state index contributed by atoms with van der Waals surface area (Å²) in [6.07, 6.45) is 4.12. The van der Waals surface area contributed by atoms with E-state index in [9.17, 15) is 13.2 Å². The molecule has 0 radical (unpaired) electrons. The lowest BCUT2D eigenvalue weighted by molar-refractivity contribution is 0.199. The highest BCUT2D eigenvalue weighted by molar-refractivity contribution is 7.86. The maximum atomic E-state index is 12.7. The minimum atomic E-state index is -3.55. The highest BCUT2D eigenvalue weighted by atomic mass is 32.2. The summed E-state index contributed by atoms with van der Waals surface area (Å²) in [7, 11) is -0.553. The van der Waals surface area contributed by atoms with Crippen molar-refractivity contribution in [1.29, 1.82) is 0 Å². The van der Waals surface area contributed by atoms with Gasteiger partial charge in [-0.15, -0.1) is 0 Å². The standard InChI is InChI=1S/C20H28N6O3S/c1-24(2)30(28,29)26-12-8-18-17(14-26)20(27)23-19(22-18)15-6-10-25(11-7-15)13-16-5-3-4-9-21-16/h3-5,9,15H,6-8,10-14H2,1-2H3,(H,22,23,27). The number of fused-ring (bicyclic) bond motifs is 1. The van der Waals surface area contributed by atoms with Crippen molar-refractivity contribution in [3.63, 3.8) is 0 Å². The van der Waals surface area contributed by atoms with Gasteiger partial charge in [-0.25, -0.2) is 4.98 Å². The van der Waals surface area contributed by atoms with Crippen LogP contribution in [0.25, 0.3) is 0 Å². The zero-order valence-electron chi connectivity index (χ0n) is 17.4. The number of rotatable bonds is 5. The van der Waals surface area contributed by atoms with Crippen molar-refractivity contribution in [3.05, 3.63) is 57.5 Å². The summed E-state index contributed by atoms with van der Waals surface area (Å²) in [4.78, 5) is 27.2. The number of hydrogen-bond acceptors (Lipinski definition) is 6. The summed E-state index contributed by atoms with van der Waals surface area (Å²) < 4.78 is 27.3. The Morgan fingerprint density at radius 3 is 2.63 bits per heavy atom. The minimum Gasteiger partial charge on any atom is -0.310 e. The molecule has 0 bridgehead atoms. The zero-order valence-corrected chi connectivity index (χ0v) is 18.2. The van der Waals surface area contributed by atoms with E-state index in [1.54, 1.807) is 0 Å². The van der Waals surface area contributed by atoms with Gasteiger partial charge in [-0.1, -0.05) is 6.07 Å². The molecule has 1 fully saturated rings. The van der Waals surface area contributed by atoms with Gasteiger partial charge in [0.05, 0.1) is 17.0 Å². The molecular formula is C20H28N6O3S. The van der Waals surface area contributed by atoms with Crippen molar-refractivity contribution < 1.29 is 8.42 Å². The molecule has 1 N–H and O–H groups in total. The van der Waals surface area contributed by atoms with E-state index < -0.39 is 10.2 Å². The molecule has 2 aromatic rings. The normalized spacial score (nSPS) is 19.2. The third-order valence-electron chi connectivity index (χ3n) is 5.93. The van der Waals surface area contributed by atoms with Crippen molar-refractivity contribution in [2.75, 3.05) is 33.7 Å². The first-order valence-electron chi connectivity index (χ1n) is 10.3. The van der Waals surface area contributed by atoms with E-state index in [4.69, 9.17) is 4.98 Å². The molecule has 10 heteroatoms. The predicted octanol–water partition coefficient (Wildman–Crippen LogP) is 0.709. The highest BCUT2D eigenvalue weighted by Gasteiger charge is 2.32. The van der Waals surface area contributed by atoms with Crippen LogP contribution < -0.4 is 5.56 Å². The maximum Gasteiger partial charge on any atom is 0.281 e. The average Bonchev–Trinajstić information content (AvgIpc) is 2.74. The fourth-order valence-corrected chi connectivity index (χ4v) is 5.20. The summed E-state index contributed by atoms with van der Waals surface area (Å²) in [5.74, 6) is 0.951. The molecule has 30 heavy (non-hydrogen) atoms. The Morgan fingerprint density at radius 1 is 1.20 bits per heavy atom. The molecular weight excluding hydrogens is 404 g/mol. The zero-order chi connectivity index (χ0) is 21.3. The van der Waals surface area contributed by atoms with Crippen molar-refractivity contribution in [2.24, 2.45) is 0 Å². The Balaban J connectivity index is 1.44. The van der Waals surface area contributed by atoms with Gasteiger partial charge in [-0.2, -0.15) is 17.0 Å². The van der Waals surface area contributed by atoms with Crippen LogP contribution in [0.1, 0.15) is 41.5 Å². The van der Waals surface area contributed by atoms with Crippen LogP contribution in [0.5, 0.6) is 0 Å². The Kier molecular flexibility index (Phi) is 6.01. The molecule has 0 aromatic carbocycles. The molecule has 0 amide bonds. The molecule has 2 aromatic heterocycles. The fourth-order valence-electron chi connectivity index (χ4n) is 4.13. The molecule has 0 unspecified atom stereocenters. The van der Waals surface area contributed by atoms with Crippen LogP contribution in [-0.2, 0) is 29.7 Å². The number of likely N-dealkylation sites (tertiary alicyclic amines) is 1. The topological polar surface area (TPSA) is 102 Å². The molecule has 9 nitrogen and oxygen atoms in total. The summed E-state index contributed by atoms with van der Waals surface area (Å²) in [6.45, 7) is 3.10. The van der Waals surface area contributed by atoms with Crippen LogP contribution >= 0.6 is 0 Å². The second-order valence-electron chi connectivity index (χ2n) is 8.12. The van der Waals surface area contributed by atoms with Crippen molar-refractivity contribution in [3.8, 4) is 0 Å². The number of pyridine rings is 1. The maximum absolute atomic E-state index is 12.7. The largest absolute Gasteiger partial charge is 0.310 e. The Labute approximate surface area is 176 Å². The number of H-pyrrole nitrogens is 1. The van der Waals surface area contributed by atoms with Crippen LogP contribution in [0.2, 0.25) is 0 Å². The summed E-state index contributed by atoms with van der Waals surface area (Å²) in [5.41, 5.74) is 2.04. The van der Waals surface area contributed by atoms with Crippen LogP contribution in [0, 0.1) is 0 Å². The Hall–Kier alpha value is -2.14. The van der Waals surface area contributed by atoms with Gasteiger partial charge in [0.15, 0.2) is 0 Å². The van der Waals surface area contributed by atoms with Crippen molar-refractivity contribution in [1.82, 2.24) is 28.5 Å². The van der Waals surface area contributed by atoms with E-state index in [1.807, 2.05) is 24.4 Å². The third kappa shape index (κ3) is 4.31. The quantitative estimate of drug-likeness (QED) is 0.747. The van der Waals surface area contributed by atoms with E-state index >= 15 is 0 Å². The lowest BCUT2D eigenvalue weighted by Crippen LogP contribution is -2.45. The summed E-state index contributed by atoms with van der Waals surface area (Å²) >= 11 is 0. The van der Waals surface area contributed by atoms with Gasteiger partial charge in [0, 0.05) is 52.3 Å². The summed E-state index contributed by atoms with van der Waals surface area (Å²) in [5, 5.41) is 0. The molecule has 1 saturated heterocycles. The number of aromatic nitrogens is 3. The van der Waals surface area contributed by atoms with Crippen LogP contribution in [0.15, 0.2) is 29.2 Å². The second-order valence-corrected chi connectivity index (χ2v) is 10.3. The van der Waals surface area contributed by atoms with Gasteiger partial charge in [0.2, 0.25) is 0 Å². The minimum absolute atomic E-state index is 0.0704. The number of hydrogen-bond donors (Lipinski definition) is 1. The van der Waals surface area contributed by atoms with E-state index in [0.29, 0.717) is 18.5 Å². The molecule has 2 aliphatic heterocycles.